The van der Waals surface area contributed by atoms with Crippen LogP contribution in [0.15, 0.2) is 40.0 Å². The van der Waals surface area contributed by atoms with Gasteiger partial charge in [-0.2, -0.15) is 5.26 Å². The van der Waals surface area contributed by atoms with Crippen LogP contribution in [0.25, 0.3) is 10.9 Å². The molecular formula is C27H32N4O2S. The molecule has 1 aliphatic carbocycles. The number of aromatic nitrogens is 1. The highest BCUT2D eigenvalue weighted by molar-refractivity contribution is 8.04. The number of benzene rings is 1. The number of thioether (sulfide) groups is 1. The van der Waals surface area contributed by atoms with Crippen LogP contribution in [0.2, 0.25) is 0 Å². The number of nitrogens with zero attached hydrogens (tertiary/aromatic N) is 4. The minimum Gasteiger partial charge on any atom is -0.366 e. The molecule has 3 heterocycles. The van der Waals surface area contributed by atoms with Crippen LogP contribution in [0.3, 0.4) is 0 Å². The van der Waals surface area contributed by atoms with Gasteiger partial charge in [-0.05, 0) is 24.8 Å². The predicted molar refractivity (Wildman–Crippen MR) is 138 cm³/mol. The molecule has 1 saturated heterocycles. The van der Waals surface area contributed by atoms with Gasteiger partial charge in [-0.15, -0.1) is 11.8 Å². The van der Waals surface area contributed by atoms with E-state index in [0.717, 1.165) is 40.1 Å². The third-order valence-electron chi connectivity index (χ3n) is 7.54. The van der Waals surface area contributed by atoms with Gasteiger partial charge >= 0.3 is 0 Å². The number of piperazine rings is 1. The molecule has 178 valence electrons. The van der Waals surface area contributed by atoms with Crippen LogP contribution in [0, 0.1) is 17.2 Å². The Balaban J connectivity index is 1.42. The van der Waals surface area contributed by atoms with Gasteiger partial charge in [-0.25, -0.2) is 0 Å². The SMILES string of the molecule is N#Cc1c(N2CCN(C(=O)C3=CCCS3)CC2)c2ccccc2n(CCC2CCCCC2)c1=O. The summed E-state index contributed by atoms with van der Waals surface area (Å²) in [7, 11) is 0. The summed E-state index contributed by atoms with van der Waals surface area (Å²) in [6, 6.07) is 10.2. The van der Waals surface area contributed by atoms with Crippen LogP contribution in [-0.2, 0) is 11.3 Å². The smallest absolute Gasteiger partial charge is 0.271 e. The van der Waals surface area contributed by atoms with Gasteiger partial charge in [0.15, 0.2) is 0 Å². The lowest BCUT2D eigenvalue weighted by Gasteiger charge is -2.37. The number of nitriles is 1. The molecule has 34 heavy (non-hydrogen) atoms. The number of hydrogen-bond acceptors (Lipinski definition) is 5. The molecule has 6 nitrogen and oxygen atoms in total. The fourth-order valence-corrected chi connectivity index (χ4v) is 6.63. The molecule has 0 spiro atoms. The molecule has 0 N–H and O–H groups in total. The summed E-state index contributed by atoms with van der Waals surface area (Å²) in [6.07, 6.45) is 10.4. The molecule has 1 aromatic carbocycles. The zero-order chi connectivity index (χ0) is 23.5. The van der Waals surface area contributed by atoms with Crippen LogP contribution >= 0.6 is 11.8 Å². The summed E-state index contributed by atoms with van der Waals surface area (Å²) in [5.41, 5.74) is 1.69. The highest BCUT2D eigenvalue weighted by Crippen LogP contribution is 2.32. The number of carbonyl (C=O) groups excluding carboxylic acids is 1. The predicted octanol–water partition coefficient (Wildman–Crippen LogP) is 4.51. The van der Waals surface area contributed by atoms with E-state index >= 15 is 0 Å². The van der Waals surface area contributed by atoms with Crippen molar-refractivity contribution in [1.29, 1.82) is 5.26 Å². The first-order valence-electron chi connectivity index (χ1n) is 12.6. The maximum absolute atomic E-state index is 13.5. The van der Waals surface area contributed by atoms with Gasteiger partial charge in [0.05, 0.1) is 16.1 Å². The van der Waals surface area contributed by atoms with Gasteiger partial charge in [-0.3, -0.25) is 9.59 Å². The first-order chi connectivity index (χ1) is 16.7. The van der Waals surface area contributed by atoms with Crippen molar-refractivity contribution in [2.24, 2.45) is 5.92 Å². The molecule has 1 saturated carbocycles. The third-order valence-corrected chi connectivity index (χ3v) is 8.63. The van der Waals surface area contributed by atoms with Crippen LogP contribution in [0.4, 0.5) is 5.69 Å². The maximum atomic E-state index is 13.5. The van der Waals surface area contributed by atoms with E-state index in [9.17, 15) is 14.9 Å². The largest absolute Gasteiger partial charge is 0.366 e. The topological polar surface area (TPSA) is 69.3 Å². The molecule has 0 radical (unpaired) electrons. The van der Waals surface area contributed by atoms with E-state index in [1.807, 2.05) is 39.8 Å². The van der Waals surface area contributed by atoms with Crippen molar-refractivity contribution >= 4 is 34.3 Å². The van der Waals surface area contributed by atoms with E-state index in [2.05, 4.69) is 11.0 Å². The van der Waals surface area contributed by atoms with Crippen molar-refractivity contribution < 1.29 is 4.79 Å². The fourth-order valence-electron chi connectivity index (χ4n) is 5.68. The van der Waals surface area contributed by atoms with E-state index in [-0.39, 0.29) is 17.0 Å². The Hall–Kier alpha value is -2.72. The summed E-state index contributed by atoms with van der Waals surface area (Å²) < 4.78 is 1.83. The number of carbonyl (C=O) groups is 1. The fraction of sp³-hybridized carbons (Fsp3) is 0.519. The Bertz CT molecular complexity index is 1200. The minimum atomic E-state index is -0.182. The molecule has 0 unspecified atom stereocenters. The Kier molecular flexibility index (Phi) is 6.96. The van der Waals surface area contributed by atoms with Crippen LogP contribution in [0.5, 0.6) is 0 Å². The number of anilines is 1. The molecule has 1 aromatic heterocycles. The summed E-state index contributed by atoms with van der Waals surface area (Å²) in [5, 5.41) is 11.0. The second kappa shape index (κ2) is 10.3. The van der Waals surface area contributed by atoms with E-state index in [0.29, 0.717) is 38.6 Å². The molecule has 2 aromatic rings. The van der Waals surface area contributed by atoms with E-state index < -0.39 is 0 Å². The van der Waals surface area contributed by atoms with Crippen molar-refractivity contribution in [3.8, 4) is 6.07 Å². The molecule has 0 bridgehead atoms. The highest BCUT2D eigenvalue weighted by Gasteiger charge is 2.28. The lowest BCUT2D eigenvalue weighted by molar-refractivity contribution is -0.126. The van der Waals surface area contributed by atoms with Crippen molar-refractivity contribution in [2.45, 2.75) is 51.5 Å². The van der Waals surface area contributed by atoms with Crippen molar-refractivity contribution in [1.82, 2.24) is 9.47 Å². The van der Waals surface area contributed by atoms with E-state index in [1.165, 1.54) is 32.1 Å². The lowest BCUT2D eigenvalue weighted by atomic mass is 9.87. The van der Waals surface area contributed by atoms with Crippen LogP contribution in [-0.4, -0.2) is 47.3 Å². The lowest BCUT2D eigenvalue weighted by Crippen LogP contribution is -2.49. The average molecular weight is 477 g/mol. The molecule has 3 aliphatic rings. The van der Waals surface area contributed by atoms with Crippen LogP contribution in [0.1, 0.15) is 50.5 Å². The molecule has 1 amide bonds. The second-order valence-electron chi connectivity index (χ2n) is 9.59. The van der Waals surface area contributed by atoms with Gasteiger partial charge in [0.2, 0.25) is 0 Å². The Morgan fingerprint density at radius 2 is 1.85 bits per heavy atom. The zero-order valence-electron chi connectivity index (χ0n) is 19.7. The Morgan fingerprint density at radius 1 is 1.09 bits per heavy atom. The monoisotopic (exact) mass is 476 g/mol. The maximum Gasteiger partial charge on any atom is 0.271 e. The van der Waals surface area contributed by atoms with E-state index in [4.69, 9.17) is 0 Å². The molecule has 7 heteroatoms. The Labute approximate surface area is 205 Å². The van der Waals surface area contributed by atoms with Gasteiger partial charge in [0.25, 0.3) is 11.5 Å². The molecule has 2 fully saturated rings. The quantitative estimate of drug-likeness (QED) is 0.635. The zero-order valence-corrected chi connectivity index (χ0v) is 20.5. The summed E-state index contributed by atoms with van der Waals surface area (Å²) in [6.45, 7) is 3.09. The number of para-hydroxylation sites is 1. The van der Waals surface area contributed by atoms with Crippen molar-refractivity contribution in [3.05, 3.63) is 51.2 Å². The molecular weight excluding hydrogens is 444 g/mol. The number of allylic oxidation sites excluding steroid dienone is 1. The Morgan fingerprint density at radius 3 is 2.56 bits per heavy atom. The number of pyridine rings is 1. The summed E-state index contributed by atoms with van der Waals surface area (Å²) in [4.78, 5) is 31.2. The summed E-state index contributed by atoms with van der Waals surface area (Å²) in [5.74, 6) is 1.77. The number of fused-ring (bicyclic) bond motifs is 1. The average Bonchev–Trinajstić information content (AvgIpc) is 3.43. The standard InChI is InChI=1S/C27H32N4O2S/c28-19-22-25(29-14-16-30(17-15-29)27(33)24-11-6-18-34-24)21-9-4-5-10-23(21)31(26(22)32)13-12-20-7-2-1-3-8-20/h4-5,9-11,20H,1-3,6-8,12-18H2. The normalized spacial score (nSPS) is 19.3. The number of hydrogen-bond donors (Lipinski definition) is 0. The first kappa shape index (κ1) is 23.0. The van der Waals surface area contributed by atoms with E-state index in [1.54, 1.807) is 11.8 Å². The van der Waals surface area contributed by atoms with Crippen LogP contribution < -0.4 is 10.5 Å². The minimum absolute atomic E-state index is 0.116. The first-order valence-corrected chi connectivity index (χ1v) is 13.6. The number of aryl methyl sites for hydroxylation is 1. The third kappa shape index (κ3) is 4.48. The molecule has 5 rings (SSSR count). The van der Waals surface area contributed by atoms with Gasteiger partial charge in [-0.1, -0.05) is 56.4 Å². The molecule has 0 atom stereocenters. The van der Waals surface area contributed by atoms with Crippen molar-refractivity contribution in [2.75, 3.05) is 36.8 Å². The number of amides is 1. The summed E-state index contributed by atoms with van der Waals surface area (Å²) >= 11 is 1.64. The highest BCUT2D eigenvalue weighted by atomic mass is 32.2. The van der Waals surface area contributed by atoms with Gasteiger partial charge in [0.1, 0.15) is 11.6 Å². The molecule has 2 aliphatic heterocycles. The second-order valence-corrected chi connectivity index (χ2v) is 10.7. The number of rotatable bonds is 5. The van der Waals surface area contributed by atoms with Gasteiger partial charge < -0.3 is 14.4 Å². The van der Waals surface area contributed by atoms with Gasteiger partial charge in [0, 0.05) is 43.9 Å². The van der Waals surface area contributed by atoms with Crippen molar-refractivity contribution in [3.63, 3.8) is 0 Å².